The van der Waals surface area contributed by atoms with Crippen LogP contribution in [0.15, 0.2) is 12.4 Å². The van der Waals surface area contributed by atoms with Crippen LogP contribution in [0.1, 0.15) is 26.6 Å². The lowest BCUT2D eigenvalue weighted by Crippen LogP contribution is -2.22. The third-order valence-corrected chi connectivity index (χ3v) is 2.13. The van der Waals surface area contributed by atoms with E-state index in [4.69, 9.17) is 4.74 Å². The van der Waals surface area contributed by atoms with Gasteiger partial charge >= 0.3 is 0 Å². The Morgan fingerprint density at radius 2 is 1.58 bits per heavy atom. The molecule has 0 bridgehead atoms. The molecule has 5 heteroatoms. The largest absolute Gasteiger partial charge is 0.385 e. The van der Waals surface area contributed by atoms with Crippen molar-refractivity contribution in [2.75, 3.05) is 45.9 Å². The highest BCUT2D eigenvalue weighted by Gasteiger charge is 2.00. The van der Waals surface area contributed by atoms with Gasteiger partial charge in [0, 0.05) is 34.4 Å². The Labute approximate surface area is 118 Å². The zero-order chi connectivity index (χ0) is 15.1. The minimum Gasteiger partial charge on any atom is -0.385 e. The summed E-state index contributed by atoms with van der Waals surface area (Å²) in [5.41, 5.74) is 1.02. The summed E-state index contributed by atoms with van der Waals surface area (Å²) in [6.07, 6.45) is 3.63. The average molecular weight is 271 g/mol. The van der Waals surface area contributed by atoms with Crippen molar-refractivity contribution in [2.24, 2.45) is 0 Å². The predicted octanol–water partition coefficient (Wildman–Crippen LogP) is 2.55. The van der Waals surface area contributed by atoms with Gasteiger partial charge < -0.3 is 14.4 Å². The van der Waals surface area contributed by atoms with Crippen LogP contribution in [0.3, 0.4) is 0 Å². The van der Waals surface area contributed by atoms with Gasteiger partial charge in [0.1, 0.15) is 5.82 Å². The van der Waals surface area contributed by atoms with Gasteiger partial charge in [0.15, 0.2) is 0 Å². The van der Waals surface area contributed by atoms with Crippen LogP contribution in [0.25, 0.3) is 0 Å². The quantitative estimate of drug-likeness (QED) is 0.823. The lowest BCUT2D eigenvalue weighted by atomic mass is 10.4. The number of nitrogens with zero attached hydrogens (tertiary/aromatic N) is 3. The minimum absolute atomic E-state index is 0.713. The first kappa shape index (κ1) is 20.1. The molecule has 0 N–H and O–H groups in total. The summed E-state index contributed by atoms with van der Waals surface area (Å²) in [4.78, 5) is 10.3. The lowest BCUT2D eigenvalue weighted by Gasteiger charge is -2.17. The smallest absolute Gasteiger partial charge is 0.125 e. The van der Waals surface area contributed by atoms with Crippen molar-refractivity contribution in [2.45, 2.75) is 27.7 Å². The first-order valence-electron chi connectivity index (χ1n) is 6.63. The summed E-state index contributed by atoms with van der Waals surface area (Å²) >= 11 is 0. The maximum Gasteiger partial charge on any atom is 0.125 e. The van der Waals surface area contributed by atoms with E-state index >= 15 is 0 Å². The van der Waals surface area contributed by atoms with Gasteiger partial charge in [0.25, 0.3) is 0 Å². The van der Waals surface area contributed by atoms with E-state index in [9.17, 15) is 0 Å². The lowest BCUT2D eigenvalue weighted by molar-refractivity contribution is 0.206. The van der Waals surface area contributed by atoms with Crippen molar-refractivity contribution in [3.8, 4) is 0 Å². The molecule has 0 unspecified atom stereocenters. The number of rotatable bonds is 5. The topological polar surface area (TPSA) is 47.5 Å². The van der Waals surface area contributed by atoms with E-state index < -0.39 is 0 Å². The molecule has 0 aliphatic heterocycles. The fourth-order valence-corrected chi connectivity index (χ4v) is 0.940. The van der Waals surface area contributed by atoms with Crippen LogP contribution in [0.2, 0.25) is 0 Å². The standard InChI is InChI=1S/C9H15N3O.C3H8O.C2H6/c1-8-10-6-9(7-11-8)12(2)4-5-13-3;1-3-4-2;1-2/h6-7H,4-5H2,1-3H3;3H2,1-2H3;1-2H3. The Kier molecular flexibility index (Phi) is 15.7. The zero-order valence-corrected chi connectivity index (χ0v) is 13.4. The molecule has 1 rings (SSSR count). The number of hydrogen-bond acceptors (Lipinski definition) is 5. The molecule has 0 saturated heterocycles. The highest BCUT2D eigenvalue weighted by atomic mass is 16.5. The number of likely N-dealkylation sites (N-methyl/N-ethyl adjacent to an activating group) is 1. The summed E-state index contributed by atoms with van der Waals surface area (Å²) in [7, 11) is 5.37. The Hall–Kier alpha value is -1.20. The van der Waals surface area contributed by atoms with Crippen LogP contribution < -0.4 is 4.90 Å². The van der Waals surface area contributed by atoms with Gasteiger partial charge in [-0.05, 0) is 13.8 Å². The molecule has 0 aliphatic rings. The second-order valence-electron chi connectivity index (χ2n) is 3.48. The Morgan fingerprint density at radius 3 is 1.95 bits per heavy atom. The normalized spacial score (nSPS) is 8.79. The average Bonchev–Trinajstić information content (AvgIpc) is 2.48. The molecule has 0 amide bonds. The molecule has 5 nitrogen and oxygen atoms in total. The van der Waals surface area contributed by atoms with Crippen LogP contribution in [-0.4, -0.2) is 51.0 Å². The maximum absolute atomic E-state index is 4.98. The van der Waals surface area contributed by atoms with Crippen LogP contribution in [-0.2, 0) is 9.47 Å². The molecule has 0 spiro atoms. The number of ether oxygens (including phenoxy) is 2. The van der Waals surface area contributed by atoms with Gasteiger partial charge in [0.2, 0.25) is 0 Å². The zero-order valence-electron chi connectivity index (χ0n) is 13.4. The van der Waals surface area contributed by atoms with Crippen molar-refractivity contribution in [1.82, 2.24) is 9.97 Å². The highest BCUT2D eigenvalue weighted by Crippen LogP contribution is 2.07. The Morgan fingerprint density at radius 1 is 1.11 bits per heavy atom. The second-order valence-corrected chi connectivity index (χ2v) is 3.48. The Balaban J connectivity index is 0. The third kappa shape index (κ3) is 11.6. The van der Waals surface area contributed by atoms with E-state index in [1.165, 1.54) is 0 Å². The van der Waals surface area contributed by atoms with Gasteiger partial charge in [-0.15, -0.1) is 0 Å². The number of anilines is 1. The monoisotopic (exact) mass is 271 g/mol. The van der Waals surface area contributed by atoms with E-state index in [0.29, 0.717) is 6.61 Å². The molecule has 112 valence electrons. The molecule has 0 fully saturated rings. The van der Waals surface area contributed by atoms with Crippen molar-refractivity contribution in [1.29, 1.82) is 0 Å². The second kappa shape index (κ2) is 14.9. The van der Waals surface area contributed by atoms with Gasteiger partial charge in [-0.3, -0.25) is 0 Å². The van der Waals surface area contributed by atoms with Crippen molar-refractivity contribution >= 4 is 5.69 Å². The fraction of sp³-hybridized carbons (Fsp3) is 0.714. The molecule has 0 radical (unpaired) electrons. The number of methoxy groups -OCH3 is 2. The first-order chi connectivity index (χ1) is 9.15. The maximum atomic E-state index is 4.98. The van der Waals surface area contributed by atoms with Crippen LogP contribution in [0.5, 0.6) is 0 Å². The molecular weight excluding hydrogens is 242 g/mol. The molecule has 19 heavy (non-hydrogen) atoms. The van der Waals surface area contributed by atoms with E-state index in [1.807, 2.05) is 47.1 Å². The van der Waals surface area contributed by atoms with Gasteiger partial charge in [-0.25, -0.2) is 9.97 Å². The van der Waals surface area contributed by atoms with Crippen molar-refractivity contribution in [3.05, 3.63) is 18.2 Å². The van der Waals surface area contributed by atoms with Gasteiger partial charge in [-0.2, -0.15) is 0 Å². The first-order valence-corrected chi connectivity index (χ1v) is 6.63. The predicted molar refractivity (Wildman–Crippen MR) is 80.8 cm³/mol. The van der Waals surface area contributed by atoms with E-state index in [0.717, 1.165) is 24.7 Å². The summed E-state index contributed by atoms with van der Waals surface area (Å²) in [5, 5.41) is 0. The van der Waals surface area contributed by atoms with Crippen LogP contribution in [0.4, 0.5) is 5.69 Å². The number of aromatic nitrogens is 2. The van der Waals surface area contributed by atoms with Gasteiger partial charge in [-0.1, -0.05) is 13.8 Å². The third-order valence-electron chi connectivity index (χ3n) is 2.13. The number of aryl methyl sites for hydroxylation is 1. The van der Waals surface area contributed by atoms with Crippen molar-refractivity contribution < 1.29 is 9.47 Å². The molecular formula is C14H29N3O2. The van der Waals surface area contributed by atoms with E-state index in [2.05, 4.69) is 19.6 Å². The molecule has 0 saturated carbocycles. The molecule has 0 atom stereocenters. The van der Waals surface area contributed by atoms with Crippen LogP contribution in [0, 0.1) is 6.92 Å². The van der Waals surface area contributed by atoms with Crippen molar-refractivity contribution in [3.63, 3.8) is 0 Å². The molecule has 1 aromatic rings. The summed E-state index contributed by atoms with van der Waals surface area (Å²) in [5.74, 6) is 0.795. The molecule has 1 heterocycles. The van der Waals surface area contributed by atoms with Crippen LogP contribution >= 0.6 is 0 Å². The SMILES string of the molecule is CC.CCOC.COCCN(C)c1cnc(C)nc1. The molecule has 0 aromatic carbocycles. The highest BCUT2D eigenvalue weighted by molar-refractivity contribution is 5.40. The van der Waals surface area contributed by atoms with E-state index in [1.54, 1.807) is 14.2 Å². The van der Waals surface area contributed by atoms with E-state index in [-0.39, 0.29) is 0 Å². The summed E-state index contributed by atoms with van der Waals surface area (Å²) in [6.45, 7) is 10.2. The summed E-state index contributed by atoms with van der Waals surface area (Å²) in [6, 6.07) is 0. The summed E-state index contributed by atoms with van der Waals surface area (Å²) < 4.78 is 9.52. The Bertz CT molecular complexity index is 277. The molecule has 0 aliphatic carbocycles. The van der Waals surface area contributed by atoms with Gasteiger partial charge in [0.05, 0.1) is 24.7 Å². The number of hydrogen-bond donors (Lipinski definition) is 0. The minimum atomic E-state index is 0.713. The molecule has 1 aromatic heterocycles. The fourth-order valence-electron chi connectivity index (χ4n) is 0.940.